The van der Waals surface area contributed by atoms with Crippen molar-refractivity contribution in [2.24, 2.45) is 0 Å². The van der Waals surface area contributed by atoms with Crippen LogP contribution in [0.1, 0.15) is 43.2 Å². The summed E-state index contributed by atoms with van der Waals surface area (Å²) >= 11 is 0. The van der Waals surface area contributed by atoms with Crippen molar-refractivity contribution in [3.8, 4) is 22.3 Å². The van der Waals surface area contributed by atoms with Crippen LogP contribution in [0.4, 0.5) is 17.6 Å². The largest absolute Gasteiger partial charge is 0.348 e. The molecule has 0 N–H and O–H groups in total. The van der Waals surface area contributed by atoms with Gasteiger partial charge >= 0.3 is 0 Å². The average Bonchev–Trinajstić information content (AvgIpc) is 2.89. The quantitative estimate of drug-likeness (QED) is 0.183. The first kappa shape index (κ1) is 25.1. The first-order valence-electron chi connectivity index (χ1n) is 11.9. The first-order valence-corrected chi connectivity index (χ1v) is 11.9. The Balaban J connectivity index is 1.55. The van der Waals surface area contributed by atoms with E-state index in [0.717, 1.165) is 19.3 Å². The maximum atomic E-state index is 15.0. The molecule has 1 heterocycles. The standard InChI is InChI=1S/C29H28F4O2/c1-3-5-6-7-20-12-13-22(27(31)26(20)30)18-8-10-19(11-9-18)23-14-15-24(29(33)28(23)32)21-16-34-25(4-2)35-17-21/h4,8-15,21,25H,2-3,5-7,16-17H2,1H3. The van der Waals surface area contributed by atoms with E-state index in [9.17, 15) is 17.6 Å². The molecule has 0 bridgehead atoms. The fourth-order valence-corrected chi connectivity index (χ4v) is 4.34. The van der Waals surface area contributed by atoms with E-state index < -0.39 is 35.5 Å². The van der Waals surface area contributed by atoms with Gasteiger partial charge in [0.05, 0.1) is 13.2 Å². The van der Waals surface area contributed by atoms with E-state index in [0.29, 0.717) is 23.1 Å². The fourth-order valence-electron chi connectivity index (χ4n) is 4.34. The van der Waals surface area contributed by atoms with Gasteiger partial charge in [-0.3, -0.25) is 0 Å². The molecule has 0 aromatic heterocycles. The zero-order valence-electron chi connectivity index (χ0n) is 19.6. The van der Waals surface area contributed by atoms with Crippen molar-refractivity contribution < 1.29 is 27.0 Å². The molecule has 35 heavy (non-hydrogen) atoms. The van der Waals surface area contributed by atoms with Crippen LogP contribution in [0.15, 0.2) is 61.2 Å². The Morgan fingerprint density at radius 1 is 0.771 bits per heavy atom. The van der Waals surface area contributed by atoms with Gasteiger partial charge in [0, 0.05) is 17.0 Å². The number of benzene rings is 3. The average molecular weight is 485 g/mol. The van der Waals surface area contributed by atoms with Crippen LogP contribution >= 0.6 is 0 Å². The summed E-state index contributed by atoms with van der Waals surface area (Å²) in [4.78, 5) is 0. The molecular formula is C29H28F4O2. The fraction of sp³-hybridized carbons (Fsp3) is 0.310. The van der Waals surface area contributed by atoms with Gasteiger partial charge in [-0.25, -0.2) is 17.6 Å². The SMILES string of the molecule is C=CC1OCC(c2ccc(-c3ccc(-c4ccc(CCCCC)c(F)c4F)cc3)c(F)c2F)CO1. The number of hydrogen-bond acceptors (Lipinski definition) is 2. The summed E-state index contributed by atoms with van der Waals surface area (Å²) in [6.07, 6.45) is 4.21. The Hall–Kier alpha value is -2.96. The van der Waals surface area contributed by atoms with E-state index >= 15 is 0 Å². The predicted molar refractivity (Wildman–Crippen MR) is 129 cm³/mol. The second-order valence-corrected chi connectivity index (χ2v) is 8.73. The summed E-state index contributed by atoms with van der Waals surface area (Å²) < 4.78 is 70.0. The Morgan fingerprint density at radius 3 is 1.91 bits per heavy atom. The molecule has 1 fully saturated rings. The lowest BCUT2D eigenvalue weighted by Gasteiger charge is -2.28. The van der Waals surface area contributed by atoms with Gasteiger partial charge in [0.2, 0.25) is 0 Å². The molecule has 3 aromatic carbocycles. The number of hydrogen-bond donors (Lipinski definition) is 0. The minimum atomic E-state index is -0.977. The van der Waals surface area contributed by atoms with Gasteiger partial charge in [0.25, 0.3) is 0 Å². The van der Waals surface area contributed by atoms with E-state index in [2.05, 4.69) is 13.5 Å². The van der Waals surface area contributed by atoms with Gasteiger partial charge in [0.15, 0.2) is 29.6 Å². The highest BCUT2D eigenvalue weighted by molar-refractivity contribution is 5.71. The molecule has 1 saturated heterocycles. The molecule has 0 atom stereocenters. The first-order chi connectivity index (χ1) is 16.9. The van der Waals surface area contributed by atoms with Crippen molar-refractivity contribution in [3.63, 3.8) is 0 Å². The zero-order chi connectivity index (χ0) is 24.9. The Bertz CT molecular complexity index is 1180. The molecule has 0 saturated carbocycles. The molecule has 0 amide bonds. The van der Waals surface area contributed by atoms with Crippen molar-refractivity contribution in [2.75, 3.05) is 13.2 Å². The summed E-state index contributed by atoms with van der Waals surface area (Å²) in [5.41, 5.74) is 1.64. The van der Waals surface area contributed by atoms with Gasteiger partial charge in [0.1, 0.15) is 0 Å². The summed E-state index contributed by atoms with van der Waals surface area (Å²) in [6.45, 7) is 6.03. The lowest BCUT2D eigenvalue weighted by Crippen LogP contribution is -2.30. The molecule has 184 valence electrons. The Labute approximate surface area is 203 Å². The third kappa shape index (κ3) is 5.34. The smallest absolute Gasteiger partial charge is 0.176 e. The number of unbranched alkanes of at least 4 members (excludes halogenated alkanes) is 2. The van der Waals surface area contributed by atoms with Crippen molar-refractivity contribution in [2.45, 2.75) is 44.8 Å². The molecule has 1 aliphatic heterocycles. The molecule has 4 rings (SSSR count). The minimum Gasteiger partial charge on any atom is -0.348 e. The third-order valence-electron chi connectivity index (χ3n) is 6.39. The second kappa shape index (κ2) is 11.2. The Kier molecular flexibility index (Phi) is 8.04. The molecule has 3 aromatic rings. The summed E-state index contributed by atoms with van der Waals surface area (Å²) in [7, 11) is 0. The topological polar surface area (TPSA) is 18.5 Å². The van der Waals surface area contributed by atoms with Crippen LogP contribution in [0.2, 0.25) is 0 Å². The van der Waals surface area contributed by atoms with Gasteiger partial charge in [-0.1, -0.05) is 74.9 Å². The van der Waals surface area contributed by atoms with Gasteiger partial charge < -0.3 is 9.47 Å². The van der Waals surface area contributed by atoms with Crippen molar-refractivity contribution in [1.29, 1.82) is 0 Å². The van der Waals surface area contributed by atoms with Crippen LogP contribution in [0.3, 0.4) is 0 Å². The minimum absolute atomic E-state index is 0.0809. The molecule has 0 aliphatic carbocycles. The summed E-state index contributed by atoms with van der Waals surface area (Å²) in [5.74, 6) is -4.09. The van der Waals surface area contributed by atoms with Crippen LogP contribution in [0.25, 0.3) is 22.3 Å². The molecule has 6 heteroatoms. The number of halogens is 4. The maximum absolute atomic E-state index is 15.0. The monoisotopic (exact) mass is 484 g/mol. The van der Waals surface area contributed by atoms with E-state index in [-0.39, 0.29) is 29.9 Å². The summed E-state index contributed by atoms with van der Waals surface area (Å²) in [5, 5.41) is 0. The number of aryl methyl sites for hydroxylation is 1. The van der Waals surface area contributed by atoms with Gasteiger partial charge in [-0.2, -0.15) is 0 Å². The number of ether oxygens (including phenoxy) is 2. The van der Waals surface area contributed by atoms with Gasteiger partial charge in [-0.15, -0.1) is 0 Å². The lowest BCUT2D eigenvalue weighted by atomic mass is 9.94. The molecule has 0 radical (unpaired) electrons. The molecule has 2 nitrogen and oxygen atoms in total. The highest BCUT2D eigenvalue weighted by Crippen LogP contribution is 2.34. The van der Waals surface area contributed by atoms with Crippen LogP contribution in [0, 0.1) is 23.3 Å². The third-order valence-corrected chi connectivity index (χ3v) is 6.39. The highest BCUT2D eigenvalue weighted by Gasteiger charge is 2.26. The van der Waals surface area contributed by atoms with Crippen LogP contribution < -0.4 is 0 Å². The van der Waals surface area contributed by atoms with Crippen LogP contribution in [0.5, 0.6) is 0 Å². The number of rotatable bonds is 8. The van der Waals surface area contributed by atoms with Crippen molar-refractivity contribution >= 4 is 0 Å². The van der Waals surface area contributed by atoms with Crippen molar-refractivity contribution in [3.05, 3.63) is 95.6 Å². The van der Waals surface area contributed by atoms with E-state index in [1.54, 1.807) is 36.4 Å². The Morgan fingerprint density at radius 2 is 1.34 bits per heavy atom. The molecule has 0 unspecified atom stereocenters. The van der Waals surface area contributed by atoms with E-state index in [1.165, 1.54) is 18.2 Å². The maximum Gasteiger partial charge on any atom is 0.176 e. The molecular weight excluding hydrogens is 456 g/mol. The predicted octanol–water partition coefficient (Wildman–Crippen LogP) is 7.95. The lowest BCUT2D eigenvalue weighted by molar-refractivity contribution is -0.159. The molecule has 1 aliphatic rings. The van der Waals surface area contributed by atoms with Crippen molar-refractivity contribution in [1.82, 2.24) is 0 Å². The molecule has 0 spiro atoms. The van der Waals surface area contributed by atoms with Gasteiger partial charge in [-0.05, 0) is 41.2 Å². The van der Waals surface area contributed by atoms with Crippen LogP contribution in [-0.2, 0) is 15.9 Å². The van der Waals surface area contributed by atoms with Crippen LogP contribution in [-0.4, -0.2) is 19.5 Å². The highest BCUT2D eigenvalue weighted by atomic mass is 19.2. The normalized spacial score (nSPS) is 18.0. The van der Waals surface area contributed by atoms with E-state index in [1.807, 2.05) is 0 Å². The zero-order valence-corrected chi connectivity index (χ0v) is 19.6. The summed E-state index contributed by atoms with van der Waals surface area (Å²) in [6, 6.07) is 12.5. The second-order valence-electron chi connectivity index (χ2n) is 8.73. The van der Waals surface area contributed by atoms with E-state index in [4.69, 9.17) is 9.47 Å².